The highest BCUT2D eigenvalue weighted by atomic mass is 16.5. The number of ether oxygens (including phenoxy) is 1. The Bertz CT molecular complexity index is 1510. The molecular formula is C41H51NO2. The van der Waals surface area contributed by atoms with E-state index in [1.807, 2.05) is 13.2 Å². The van der Waals surface area contributed by atoms with E-state index in [1.165, 1.54) is 63.0 Å². The second-order valence-electron chi connectivity index (χ2n) is 13.1. The molecule has 2 aliphatic rings. The molecule has 3 atom stereocenters. The van der Waals surface area contributed by atoms with Gasteiger partial charge in [0.1, 0.15) is 0 Å². The van der Waals surface area contributed by atoms with Crippen molar-refractivity contribution < 1.29 is 9.84 Å². The topological polar surface area (TPSA) is 32.7 Å². The van der Waals surface area contributed by atoms with Gasteiger partial charge >= 0.3 is 0 Å². The van der Waals surface area contributed by atoms with Crippen LogP contribution in [-0.2, 0) is 17.6 Å². The number of anilines is 1. The Morgan fingerprint density at radius 3 is 2.52 bits per heavy atom. The van der Waals surface area contributed by atoms with Gasteiger partial charge in [0.15, 0.2) is 0 Å². The van der Waals surface area contributed by atoms with Crippen molar-refractivity contribution in [2.45, 2.75) is 105 Å². The lowest BCUT2D eigenvalue weighted by Gasteiger charge is -2.45. The summed E-state index contributed by atoms with van der Waals surface area (Å²) in [6, 6.07) is 23.5. The molecule has 2 aliphatic heterocycles. The van der Waals surface area contributed by atoms with Crippen LogP contribution in [0.4, 0.5) is 5.69 Å². The van der Waals surface area contributed by atoms with Gasteiger partial charge in [-0.05, 0) is 122 Å². The van der Waals surface area contributed by atoms with Crippen molar-refractivity contribution >= 4 is 17.3 Å². The lowest BCUT2D eigenvalue weighted by atomic mass is 9.80. The smallest absolute Gasteiger partial charge is 0.0986 e. The van der Waals surface area contributed by atoms with E-state index in [2.05, 4.69) is 105 Å². The summed E-state index contributed by atoms with van der Waals surface area (Å²) in [7, 11) is 0. The van der Waals surface area contributed by atoms with Crippen LogP contribution in [0.3, 0.4) is 0 Å². The zero-order chi connectivity index (χ0) is 31.2. The van der Waals surface area contributed by atoms with E-state index < -0.39 is 6.10 Å². The number of rotatable bonds is 11. The summed E-state index contributed by atoms with van der Waals surface area (Å²) in [5.41, 5.74) is 12.3. The number of benzene rings is 3. The number of aliphatic hydroxyl groups is 1. The number of aryl methyl sites for hydroxylation is 2. The maximum Gasteiger partial charge on any atom is 0.0986 e. The molecule has 0 aliphatic carbocycles. The number of aliphatic hydroxyl groups excluding tert-OH is 1. The van der Waals surface area contributed by atoms with E-state index in [0.29, 0.717) is 17.7 Å². The minimum Gasteiger partial charge on any atom is -0.470 e. The molecule has 3 nitrogen and oxygen atoms in total. The van der Waals surface area contributed by atoms with Crippen LogP contribution in [0.5, 0.6) is 0 Å². The Labute approximate surface area is 266 Å². The first kappa shape index (κ1) is 31.9. The van der Waals surface area contributed by atoms with E-state index in [0.717, 1.165) is 32.1 Å². The molecule has 1 N–H and O–H groups in total. The minimum absolute atomic E-state index is 0.151. The lowest BCUT2D eigenvalue weighted by molar-refractivity contribution is 0.235. The Kier molecular flexibility index (Phi) is 10.5. The van der Waals surface area contributed by atoms with Crippen LogP contribution in [0.25, 0.3) is 22.8 Å². The van der Waals surface area contributed by atoms with Gasteiger partial charge in [0, 0.05) is 17.3 Å². The van der Waals surface area contributed by atoms with E-state index in [9.17, 15) is 5.11 Å². The second kappa shape index (κ2) is 14.5. The molecule has 0 radical (unpaired) electrons. The molecule has 232 valence electrons. The van der Waals surface area contributed by atoms with Crippen LogP contribution in [0.1, 0.15) is 108 Å². The molecule has 3 aromatic carbocycles. The fraction of sp³-hybridized carbons (Fsp3) is 0.415. The molecule has 3 aromatic rings. The number of hydrogen-bond acceptors (Lipinski definition) is 3. The predicted octanol–water partition coefficient (Wildman–Crippen LogP) is 10.7. The third-order valence-electron chi connectivity index (χ3n) is 9.09. The van der Waals surface area contributed by atoms with Crippen molar-refractivity contribution in [2.24, 2.45) is 5.92 Å². The second-order valence-corrected chi connectivity index (χ2v) is 13.1. The SMILES string of the molecule is CCCCc1cc2c(/C=C/O/C(C)=C\C(C)O)c(c1)C1C=C(CC(C)C)c3cc(-c4ccccc4)ccc3N1[C@H](CC)CC2. The van der Waals surface area contributed by atoms with Gasteiger partial charge in [-0.15, -0.1) is 0 Å². The fourth-order valence-corrected chi connectivity index (χ4v) is 7.06. The molecule has 0 fully saturated rings. The van der Waals surface area contributed by atoms with Crippen LogP contribution in [0.2, 0.25) is 0 Å². The first-order chi connectivity index (χ1) is 21.3. The van der Waals surface area contributed by atoms with Gasteiger partial charge in [-0.2, -0.15) is 0 Å². The average Bonchev–Trinajstić information content (AvgIpc) is 3.00. The van der Waals surface area contributed by atoms with Gasteiger partial charge in [0.25, 0.3) is 0 Å². The summed E-state index contributed by atoms with van der Waals surface area (Å²) < 4.78 is 5.96. The van der Waals surface area contributed by atoms with Gasteiger partial charge < -0.3 is 14.7 Å². The van der Waals surface area contributed by atoms with Gasteiger partial charge in [0.2, 0.25) is 0 Å². The summed E-state index contributed by atoms with van der Waals surface area (Å²) >= 11 is 0. The maximum atomic E-state index is 9.78. The number of nitrogens with zero attached hydrogens (tertiary/aromatic N) is 1. The third kappa shape index (κ3) is 7.21. The fourth-order valence-electron chi connectivity index (χ4n) is 7.06. The van der Waals surface area contributed by atoms with E-state index >= 15 is 0 Å². The molecule has 5 rings (SSSR count). The summed E-state index contributed by atoms with van der Waals surface area (Å²) in [4.78, 5) is 2.74. The standard InChI is InChI=1S/C41H51NO2/c1-7-9-13-31-24-34-16-18-36(8-2)42-40-19-17-33(32-14-11-10-12-15-32)26-38(40)35(22-28(3)4)27-41(42)39(25-31)37(34)20-21-44-30(6)23-29(5)43/h10-12,14-15,17,19-21,23-29,36,41,43H,7-9,13,16,18,22H2,1-6H3/b21-20+,30-23-/t29?,36-,41?/m1/s1. The van der Waals surface area contributed by atoms with Crippen molar-refractivity contribution in [3.8, 4) is 11.1 Å². The van der Waals surface area contributed by atoms with Crippen LogP contribution in [-0.4, -0.2) is 17.3 Å². The zero-order valence-electron chi connectivity index (χ0n) is 27.6. The van der Waals surface area contributed by atoms with E-state index in [4.69, 9.17) is 4.74 Å². The molecule has 0 amide bonds. The first-order valence-electron chi connectivity index (χ1n) is 16.8. The zero-order valence-corrected chi connectivity index (χ0v) is 27.6. The van der Waals surface area contributed by atoms with Crippen LogP contribution in [0, 0.1) is 5.92 Å². The summed E-state index contributed by atoms with van der Waals surface area (Å²) in [5, 5.41) is 9.78. The van der Waals surface area contributed by atoms with Gasteiger partial charge in [-0.1, -0.05) is 88.7 Å². The largest absolute Gasteiger partial charge is 0.470 e. The maximum absolute atomic E-state index is 9.78. The van der Waals surface area contributed by atoms with E-state index in [-0.39, 0.29) is 6.04 Å². The quantitative estimate of drug-likeness (QED) is 0.226. The van der Waals surface area contributed by atoms with Crippen LogP contribution < -0.4 is 4.90 Å². The first-order valence-corrected chi connectivity index (χ1v) is 16.8. The highest BCUT2D eigenvalue weighted by Gasteiger charge is 2.35. The Balaban J connectivity index is 1.69. The molecule has 2 bridgehead atoms. The number of fused-ring (bicyclic) bond motifs is 6. The Morgan fingerprint density at radius 1 is 1.02 bits per heavy atom. The lowest BCUT2D eigenvalue weighted by Crippen LogP contribution is -2.41. The molecule has 3 heteroatoms. The van der Waals surface area contributed by atoms with Crippen molar-refractivity contribution in [1.82, 2.24) is 0 Å². The van der Waals surface area contributed by atoms with Gasteiger partial charge in [-0.25, -0.2) is 0 Å². The van der Waals surface area contributed by atoms with E-state index in [1.54, 1.807) is 13.0 Å². The summed E-state index contributed by atoms with van der Waals surface area (Å²) in [6.07, 6.45) is 15.6. The Morgan fingerprint density at radius 2 is 1.82 bits per heavy atom. The van der Waals surface area contributed by atoms with Crippen LogP contribution in [0.15, 0.2) is 84.8 Å². The molecule has 44 heavy (non-hydrogen) atoms. The molecule has 0 aromatic heterocycles. The van der Waals surface area contributed by atoms with Crippen molar-refractivity contribution in [3.63, 3.8) is 0 Å². The van der Waals surface area contributed by atoms with Crippen molar-refractivity contribution in [2.75, 3.05) is 4.90 Å². The third-order valence-corrected chi connectivity index (χ3v) is 9.09. The molecule has 2 unspecified atom stereocenters. The molecule has 0 spiro atoms. The highest BCUT2D eigenvalue weighted by Crippen LogP contribution is 2.48. The molecule has 0 saturated heterocycles. The molecule has 0 saturated carbocycles. The summed E-state index contributed by atoms with van der Waals surface area (Å²) in [5.74, 6) is 1.26. The predicted molar refractivity (Wildman–Crippen MR) is 188 cm³/mol. The number of hydrogen-bond donors (Lipinski definition) is 1. The number of allylic oxidation sites excluding steroid dienone is 2. The molecule has 2 heterocycles. The monoisotopic (exact) mass is 589 g/mol. The van der Waals surface area contributed by atoms with Gasteiger partial charge in [-0.3, -0.25) is 0 Å². The summed E-state index contributed by atoms with van der Waals surface area (Å²) in [6.45, 7) is 12.9. The van der Waals surface area contributed by atoms with Crippen LogP contribution >= 0.6 is 0 Å². The Hall–Kier alpha value is -3.56. The minimum atomic E-state index is -0.535. The normalized spacial score (nSPS) is 18.9. The number of unbranched alkanes of at least 4 members (excludes halogenated alkanes) is 1. The average molecular weight is 590 g/mol. The van der Waals surface area contributed by atoms with Crippen molar-refractivity contribution in [1.29, 1.82) is 0 Å². The highest BCUT2D eigenvalue weighted by molar-refractivity contribution is 5.86. The van der Waals surface area contributed by atoms with Crippen molar-refractivity contribution in [3.05, 3.63) is 113 Å². The molecular weight excluding hydrogens is 538 g/mol. The van der Waals surface area contributed by atoms with Gasteiger partial charge in [0.05, 0.1) is 24.2 Å².